The van der Waals surface area contributed by atoms with Crippen molar-refractivity contribution in [3.63, 3.8) is 0 Å². The van der Waals surface area contributed by atoms with Gasteiger partial charge >= 0.3 is 0 Å². The van der Waals surface area contributed by atoms with Crippen LogP contribution in [0.3, 0.4) is 0 Å². The maximum Gasteiger partial charge on any atom is 0.200 e. The molecule has 1 aliphatic rings. The zero-order valence-corrected chi connectivity index (χ0v) is 12.2. The number of hydrogen-bond acceptors (Lipinski definition) is 3. The Morgan fingerprint density at radius 3 is 2.53 bits per heavy atom. The van der Waals surface area contributed by atoms with Crippen LogP contribution in [0, 0.1) is 5.41 Å². The molecule has 19 heavy (non-hydrogen) atoms. The molecule has 0 aliphatic carbocycles. The second kappa shape index (κ2) is 5.61. The van der Waals surface area contributed by atoms with Crippen molar-refractivity contribution in [2.45, 2.75) is 45.5 Å². The fourth-order valence-corrected chi connectivity index (χ4v) is 2.69. The van der Waals surface area contributed by atoms with E-state index in [1.165, 1.54) is 0 Å². The molecule has 0 radical (unpaired) electrons. The molecule has 0 unspecified atom stereocenters. The Hall–Kier alpha value is -0.900. The van der Waals surface area contributed by atoms with Crippen molar-refractivity contribution in [1.29, 1.82) is 0 Å². The van der Waals surface area contributed by atoms with Crippen LogP contribution >= 0.6 is 0 Å². The first-order valence-corrected chi connectivity index (χ1v) is 7.07. The van der Waals surface area contributed by atoms with Gasteiger partial charge in [-0.05, 0) is 19.4 Å². The minimum absolute atomic E-state index is 0.137. The zero-order chi connectivity index (χ0) is 13.9. The molecule has 2 rings (SSSR count). The van der Waals surface area contributed by atoms with Crippen LogP contribution in [0.5, 0.6) is 0 Å². The van der Waals surface area contributed by atoms with E-state index in [-0.39, 0.29) is 11.5 Å². The van der Waals surface area contributed by atoms with Gasteiger partial charge in [0, 0.05) is 11.0 Å². The molecule has 1 aliphatic heterocycles. The Morgan fingerprint density at radius 2 is 1.95 bits per heavy atom. The summed E-state index contributed by atoms with van der Waals surface area (Å²) < 4.78 is 12.5. The van der Waals surface area contributed by atoms with E-state index in [1.807, 2.05) is 18.2 Å². The highest BCUT2D eigenvalue weighted by Crippen LogP contribution is 2.47. The Bertz CT molecular complexity index is 397. The summed E-state index contributed by atoms with van der Waals surface area (Å²) in [6.07, 6.45) is 1.98. The summed E-state index contributed by atoms with van der Waals surface area (Å²) in [4.78, 5) is 0. The molecule has 3 nitrogen and oxygen atoms in total. The van der Waals surface area contributed by atoms with Gasteiger partial charge < -0.3 is 15.2 Å². The van der Waals surface area contributed by atoms with Gasteiger partial charge in [0.15, 0.2) is 5.79 Å². The summed E-state index contributed by atoms with van der Waals surface area (Å²) in [6.45, 7) is 7.84. The van der Waals surface area contributed by atoms with Gasteiger partial charge in [0.25, 0.3) is 0 Å². The lowest BCUT2D eigenvalue weighted by Crippen LogP contribution is -2.51. The van der Waals surface area contributed by atoms with Crippen LogP contribution in [0.1, 0.15) is 39.2 Å². The van der Waals surface area contributed by atoms with Crippen LogP contribution in [-0.4, -0.2) is 19.3 Å². The first kappa shape index (κ1) is 14.5. The summed E-state index contributed by atoms with van der Waals surface area (Å²) in [5, 5.41) is 0. The largest absolute Gasteiger partial charge is 0.345 e. The van der Waals surface area contributed by atoms with Crippen molar-refractivity contribution in [2.24, 2.45) is 11.1 Å². The third-order valence-electron chi connectivity index (χ3n) is 3.71. The van der Waals surface area contributed by atoms with Gasteiger partial charge in [-0.3, -0.25) is 0 Å². The van der Waals surface area contributed by atoms with Crippen LogP contribution in [0.25, 0.3) is 0 Å². The Labute approximate surface area is 116 Å². The van der Waals surface area contributed by atoms with Crippen molar-refractivity contribution in [3.05, 3.63) is 35.9 Å². The normalized spacial score (nSPS) is 28.3. The van der Waals surface area contributed by atoms with Crippen LogP contribution in [-0.2, 0) is 15.3 Å². The van der Waals surface area contributed by atoms with E-state index in [1.54, 1.807) is 0 Å². The lowest BCUT2D eigenvalue weighted by molar-refractivity contribution is -0.347. The molecule has 0 spiro atoms. The first-order valence-electron chi connectivity index (χ1n) is 7.07. The maximum atomic E-state index is 6.36. The molecule has 1 fully saturated rings. The van der Waals surface area contributed by atoms with Crippen molar-refractivity contribution in [2.75, 3.05) is 13.2 Å². The lowest BCUT2D eigenvalue weighted by atomic mass is 9.79. The van der Waals surface area contributed by atoms with Crippen LogP contribution in [0.2, 0.25) is 0 Å². The molecule has 0 bridgehead atoms. The molecule has 3 heteroatoms. The quantitative estimate of drug-likeness (QED) is 0.911. The molecule has 2 N–H and O–H groups in total. The van der Waals surface area contributed by atoms with E-state index in [0.717, 1.165) is 25.0 Å². The van der Waals surface area contributed by atoms with Crippen molar-refractivity contribution >= 4 is 0 Å². The maximum absolute atomic E-state index is 6.36. The highest BCUT2D eigenvalue weighted by atomic mass is 16.7. The van der Waals surface area contributed by atoms with Gasteiger partial charge in [0.1, 0.15) is 0 Å². The minimum Gasteiger partial charge on any atom is -0.345 e. The summed E-state index contributed by atoms with van der Waals surface area (Å²) in [5.74, 6) is -0.674. The fourth-order valence-electron chi connectivity index (χ4n) is 2.69. The van der Waals surface area contributed by atoms with E-state index in [2.05, 4.69) is 32.9 Å². The molecular weight excluding hydrogens is 238 g/mol. The first-order chi connectivity index (χ1) is 8.99. The second-order valence-electron chi connectivity index (χ2n) is 6.19. The monoisotopic (exact) mass is 263 g/mol. The summed E-state index contributed by atoms with van der Waals surface area (Å²) >= 11 is 0. The van der Waals surface area contributed by atoms with Crippen molar-refractivity contribution in [3.8, 4) is 0 Å². The number of hydrogen-bond donors (Lipinski definition) is 1. The SMILES string of the molecule is CC(C)(C)[C@@]1(c2ccccc2)OCC[C@@H](CCN)O1. The number of rotatable bonds is 3. The predicted molar refractivity (Wildman–Crippen MR) is 76.7 cm³/mol. The fraction of sp³-hybridized carbons (Fsp3) is 0.625. The standard InChI is InChI=1S/C16H25NO2/c1-15(2,3)16(13-7-5-4-6-8-13)18-12-10-14(19-16)9-11-17/h4-8,14H,9-12,17H2,1-3H3/t14-,16+/m1/s1. The third kappa shape index (κ3) is 2.83. The Kier molecular flexibility index (Phi) is 4.29. The molecule has 1 saturated heterocycles. The summed E-state index contributed by atoms with van der Waals surface area (Å²) in [5.41, 5.74) is 6.62. The Balaban J connectivity index is 2.36. The van der Waals surface area contributed by atoms with Crippen LogP contribution < -0.4 is 5.73 Å². The number of ether oxygens (including phenoxy) is 2. The molecule has 1 aromatic rings. The van der Waals surface area contributed by atoms with Gasteiger partial charge in [-0.25, -0.2) is 0 Å². The molecule has 0 saturated carbocycles. The molecule has 1 heterocycles. The highest BCUT2D eigenvalue weighted by molar-refractivity contribution is 5.23. The van der Waals surface area contributed by atoms with Gasteiger partial charge in [0.2, 0.25) is 0 Å². The van der Waals surface area contributed by atoms with E-state index in [9.17, 15) is 0 Å². The highest BCUT2D eigenvalue weighted by Gasteiger charge is 2.49. The van der Waals surface area contributed by atoms with E-state index < -0.39 is 5.79 Å². The average Bonchev–Trinajstić information content (AvgIpc) is 2.39. The smallest absolute Gasteiger partial charge is 0.200 e. The van der Waals surface area contributed by atoms with Gasteiger partial charge in [-0.15, -0.1) is 0 Å². The molecular formula is C16H25NO2. The van der Waals surface area contributed by atoms with Gasteiger partial charge in [0.05, 0.1) is 12.7 Å². The zero-order valence-electron chi connectivity index (χ0n) is 12.2. The third-order valence-corrected chi connectivity index (χ3v) is 3.71. The van der Waals surface area contributed by atoms with Crippen molar-refractivity contribution in [1.82, 2.24) is 0 Å². The Morgan fingerprint density at radius 1 is 1.26 bits per heavy atom. The molecule has 1 aromatic carbocycles. The van der Waals surface area contributed by atoms with Crippen LogP contribution in [0.4, 0.5) is 0 Å². The lowest BCUT2D eigenvalue weighted by Gasteiger charge is -2.49. The minimum atomic E-state index is -0.674. The second-order valence-corrected chi connectivity index (χ2v) is 6.19. The molecule has 0 aromatic heterocycles. The topological polar surface area (TPSA) is 44.5 Å². The number of nitrogens with two attached hydrogens (primary N) is 1. The summed E-state index contributed by atoms with van der Waals surface area (Å²) in [6, 6.07) is 10.2. The predicted octanol–water partition coefficient (Wildman–Crippen LogP) is 3.04. The average molecular weight is 263 g/mol. The van der Waals surface area contributed by atoms with E-state index in [0.29, 0.717) is 6.54 Å². The van der Waals surface area contributed by atoms with Crippen molar-refractivity contribution < 1.29 is 9.47 Å². The molecule has 106 valence electrons. The van der Waals surface area contributed by atoms with Gasteiger partial charge in [-0.1, -0.05) is 51.1 Å². The summed E-state index contributed by atoms with van der Waals surface area (Å²) in [7, 11) is 0. The van der Waals surface area contributed by atoms with E-state index >= 15 is 0 Å². The number of benzene rings is 1. The van der Waals surface area contributed by atoms with E-state index in [4.69, 9.17) is 15.2 Å². The molecule has 2 atom stereocenters. The molecule has 0 amide bonds. The van der Waals surface area contributed by atoms with Gasteiger partial charge in [-0.2, -0.15) is 0 Å². The van der Waals surface area contributed by atoms with Crippen LogP contribution in [0.15, 0.2) is 30.3 Å².